The molecule has 2 N–H and O–H groups in total. The molecule has 0 aliphatic heterocycles. The van der Waals surface area contributed by atoms with Crippen molar-refractivity contribution in [2.24, 2.45) is 5.73 Å². The van der Waals surface area contributed by atoms with Gasteiger partial charge < -0.3 is 10.5 Å². The number of benzene rings is 1. The van der Waals surface area contributed by atoms with Gasteiger partial charge >= 0.3 is 0 Å². The number of amides is 1. The number of fused-ring (bicyclic) bond motifs is 3. The number of aryl methyl sites for hydroxylation is 1. The van der Waals surface area contributed by atoms with Crippen molar-refractivity contribution in [1.82, 2.24) is 4.37 Å². The Balaban J connectivity index is 1.84. The number of nitrogens with two attached hydrogens (primary N) is 1. The number of carbonyl (C=O) groups is 1. The van der Waals surface area contributed by atoms with Crippen LogP contribution in [0.25, 0.3) is 10.4 Å². The first kappa shape index (κ1) is 14.5. The normalized spacial score (nSPS) is 12.5. The maximum absolute atomic E-state index is 11.8. The van der Waals surface area contributed by atoms with Gasteiger partial charge in [-0.05, 0) is 47.6 Å². The molecular formula is C16H11BN2O2S2. The van der Waals surface area contributed by atoms with Crippen LogP contribution in [0.5, 0.6) is 10.8 Å². The minimum atomic E-state index is -0.411. The fraction of sp³-hybridized carbons (Fsp3) is 0.125. The van der Waals surface area contributed by atoms with E-state index in [2.05, 4.69) is 4.37 Å². The Morgan fingerprint density at radius 3 is 2.78 bits per heavy atom. The summed E-state index contributed by atoms with van der Waals surface area (Å²) in [6.45, 7) is 0. The molecule has 2 heterocycles. The summed E-state index contributed by atoms with van der Waals surface area (Å²) in [6.07, 6.45) is 3.54. The fourth-order valence-corrected chi connectivity index (χ4v) is 4.74. The van der Waals surface area contributed by atoms with E-state index < -0.39 is 5.91 Å². The Labute approximate surface area is 142 Å². The van der Waals surface area contributed by atoms with Crippen LogP contribution in [0.3, 0.4) is 0 Å². The molecule has 0 bridgehead atoms. The first-order valence-electron chi connectivity index (χ1n) is 7.06. The van der Waals surface area contributed by atoms with Gasteiger partial charge in [-0.3, -0.25) is 4.79 Å². The topological polar surface area (TPSA) is 65.2 Å². The molecule has 2 aromatic heterocycles. The summed E-state index contributed by atoms with van der Waals surface area (Å²) in [5.41, 5.74) is 9.35. The molecule has 0 saturated carbocycles. The molecule has 0 saturated heterocycles. The number of rotatable bonds is 3. The highest BCUT2D eigenvalue weighted by Crippen LogP contribution is 2.49. The molecule has 0 atom stereocenters. The van der Waals surface area contributed by atoms with Crippen molar-refractivity contribution in [1.29, 1.82) is 0 Å². The molecule has 0 fully saturated rings. The second-order valence-electron chi connectivity index (χ2n) is 5.29. The minimum Gasteiger partial charge on any atom is -0.446 e. The lowest BCUT2D eigenvalue weighted by Crippen LogP contribution is -2.12. The summed E-state index contributed by atoms with van der Waals surface area (Å²) in [4.78, 5) is 13.4. The number of primary amides is 1. The van der Waals surface area contributed by atoms with Crippen molar-refractivity contribution in [3.8, 4) is 21.3 Å². The van der Waals surface area contributed by atoms with E-state index in [-0.39, 0.29) is 0 Å². The van der Waals surface area contributed by atoms with Gasteiger partial charge in [-0.1, -0.05) is 28.9 Å². The van der Waals surface area contributed by atoms with Gasteiger partial charge in [-0.25, -0.2) is 4.37 Å². The molecule has 2 radical (unpaired) electrons. The van der Waals surface area contributed by atoms with Crippen LogP contribution in [0.2, 0.25) is 0 Å². The number of ether oxygens (including phenoxy) is 1. The highest BCUT2D eigenvalue weighted by atomic mass is 32.1. The summed E-state index contributed by atoms with van der Waals surface area (Å²) >= 11 is 2.73. The van der Waals surface area contributed by atoms with Gasteiger partial charge in [-0.2, -0.15) is 0 Å². The molecular weight excluding hydrogens is 327 g/mol. The first-order chi connectivity index (χ1) is 11.1. The second kappa shape index (κ2) is 5.51. The fourth-order valence-electron chi connectivity index (χ4n) is 2.73. The summed E-state index contributed by atoms with van der Waals surface area (Å²) in [5.74, 6) is 0.266. The molecule has 1 amide bonds. The third kappa shape index (κ3) is 2.46. The summed E-state index contributed by atoms with van der Waals surface area (Å²) < 4.78 is 10.3. The predicted molar refractivity (Wildman–Crippen MR) is 93.3 cm³/mol. The van der Waals surface area contributed by atoms with E-state index in [0.717, 1.165) is 28.8 Å². The first-order valence-corrected chi connectivity index (χ1v) is 8.65. The molecule has 112 valence electrons. The lowest BCUT2D eigenvalue weighted by atomic mass is 9.93. The molecule has 0 unspecified atom stereocenters. The van der Waals surface area contributed by atoms with E-state index >= 15 is 0 Å². The van der Waals surface area contributed by atoms with E-state index in [0.29, 0.717) is 21.2 Å². The zero-order valence-corrected chi connectivity index (χ0v) is 13.7. The van der Waals surface area contributed by atoms with Gasteiger partial charge in [0.15, 0.2) is 5.06 Å². The maximum Gasteiger partial charge on any atom is 0.259 e. The van der Waals surface area contributed by atoms with Gasteiger partial charge in [0, 0.05) is 6.20 Å². The molecule has 4 rings (SSSR count). The number of aromatic nitrogens is 1. The summed E-state index contributed by atoms with van der Waals surface area (Å²) in [7, 11) is 5.70. The van der Waals surface area contributed by atoms with Gasteiger partial charge in [0.2, 0.25) is 0 Å². The van der Waals surface area contributed by atoms with Gasteiger partial charge in [0.1, 0.15) is 13.6 Å². The Hall–Kier alpha value is -2.12. The maximum atomic E-state index is 11.8. The lowest BCUT2D eigenvalue weighted by Gasteiger charge is -2.14. The van der Waals surface area contributed by atoms with Crippen LogP contribution in [0.1, 0.15) is 20.8 Å². The van der Waals surface area contributed by atoms with Crippen molar-refractivity contribution >= 4 is 42.1 Å². The van der Waals surface area contributed by atoms with Crippen molar-refractivity contribution in [3.05, 3.63) is 46.5 Å². The zero-order chi connectivity index (χ0) is 16.0. The Morgan fingerprint density at radius 1 is 1.26 bits per heavy atom. The van der Waals surface area contributed by atoms with Gasteiger partial charge in [0.25, 0.3) is 5.91 Å². The Morgan fingerprint density at radius 2 is 2.04 bits per heavy atom. The number of hydrogen-bond donors (Lipinski definition) is 1. The third-order valence-electron chi connectivity index (χ3n) is 3.80. The highest BCUT2D eigenvalue weighted by Gasteiger charge is 2.29. The molecule has 1 aliphatic rings. The van der Waals surface area contributed by atoms with E-state index in [1.807, 2.05) is 18.3 Å². The Bertz CT molecular complexity index is 899. The number of hydrogen-bond acceptors (Lipinski definition) is 5. The highest BCUT2D eigenvalue weighted by molar-refractivity contribution is 7.17. The smallest absolute Gasteiger partial charge is 0.259 e. The molecule has 4 nitrogen and oxygen atoms in total. The molecule has 0 spiro atoms. The van der Waals surface area contributed by atoms with E-state index in [4.69, 9.17) is 18.3 Å². The van der Waals surface area contributed by atoms with E-state index in [9.17, 15) is 4.79 Å². The molecule has 1 aliphatic carbocycles. The quantitative estimate of drug-likeness (QED) is 0.747. The van der Waals surface area contributed by atoms with Crippen molar-refractivity contribution in [2.45, 2.75) is 12.8 Å². The summed E-state index contributed by atoms with van der Waals surface area (Å²) in [5, 5.41) is 0.684. The van der Waals surface area contributed by atoms with Crippen molar-refractivity contribution in [3.63, 3.8) is 0 Å². The standard InChI is InChI=1S/C16H11BN2O2S2/c17-9-2-4-10(5-3-9)21-16-12-11(14(22-16)15(18)20)6-1-8-7-19-23-13(8)12/h2-5,7H,1,6H2,(H2,18,20). The minimum absolute atomic E-state index is 0.411. The summed E-state index contributed by atoms with van der Waals surface area (Å²) in [6, 6.07) is 7.18. The monoisotopic (exact) mass is 338 g/mol. The third-order valence-corrected chi connectivity index (χ3v) is 5.79. The Kier molecular flexibility index (Phi) is 3.47. The van der Waals surface area contributed by atoms with Crippen LogP contribution >= 0.6 is 22.9 Å². The molecule has 7 heteroatoms. The van der Waals surface area contributed by atoms with Crippen LogP contribution in [0, 0.1) is 0 Å². The SMILES string of the molecule is [B]c1ccc(Oc2sc(C(N)=O)c3c2-c2sncc2CC3)cc1. The van der Waals surface area contributed by atoms with Crippen LogP contribution in [0.4, 0.5) is 0 Å². The van der Waals surface area contributed by atoms with Crippen LogP contribution in [-0.2, 0) is 12.8 Å². The molecule has 3 aromatic rings. The van der Waals surface area contributed by atoms with E-state index in [1.165, 1.54) is 28.4 Å². The van der Waals surface area contributed by atoms with E-state index in [1.54, 1.807) is 12.1 Å². The predicted octanol–water partition coefficient (Wildman–Crippen LogP) is 2.66. The van der Waals surface area contributed by atoms with Crippen molar-refractivity contribution in [2.75, 3.05) is 0 Å². The van der Waals surface area contributed by atoms with Crippen molar-refractivity contribution < 1.29 is 9.53 Å². The van der Waals surface area contributed by atoms with Crippen LogP contribution in [0.15, 0.2) is 30.5 Å². The second-order valence-corrected chi connectivity index (χ2v) is 7.07. The number of carbonyl (C=O) groups excluding carboxylic acids is 1. The van der Waals surface area contributed by atoms with Gasteiger partial charge in [-0.15, -0.1) is 0 Å². The zero-order valence-electron chi connectivity index (χ0n) is 12.0. The number of thiophene rings is 1. The van der Waals surface area contributed by atoms with Crippen LogP contribution in [-0.4, -0.2) is 18.1 Å². The largest absolute Gasteiger partial charge is 0.446 e. The average Bonchev–Trinajstić information content (AvgIpc) is 3.13. The average molecular weight is 338 g/mol. The molecule has 23 heavy (non-hydrogen) atoms. The number of nitrogens with zero attached hydrogens (tertiary/aromatic N) is 1. The van der Waals surface area contributed by atoms with Crippen LogP contribution < -0.4 is 15.9 Å². The lowest BCUT2D eigenvalue weighted by molar-refractivity contribution is 0.100. The van der Waals surface area contributed by atoms with Gasteiger partial charge in [0.05, 0.1) is 15.3 Å². The molecule has 1 aromatic carbocycles.